The van der Waals surface area contributed by atoms with Gasteiger partial charge in [-0.15, -0.1) is 0 Å². The molecule has 5 rings (SSSR count). The van der Waals surface area contributed by atoms with Crippen molar-refractivity contribution in [1.82, 2.24) is 14.3 Å². The molecule has 0 saturated carbocycles. The van der Waals surface area contributed by atoms with Crippen LogP contribution in [-0.2, 0) is 22.5 Å². The lowest BCUT2D eigenvalue weighted by Crippen LogP contribution is -2.45. The molecule has 1 atom stereocenters. The van der Waals surface area contributed by atoms with Crippen LogP contribution < -0.4 is 5.32 Å². The van der Waals surface area contributed by atoms with Crippen LogP contribution in [0.1, 0.15) is 16.8 Å². The second-order valence-corrected chi connectivity index (χ2v) is 9.27. The minimum Gasteiger partial charge on any atom is -0.465 e. The van der Waals surface area contributed by atoms with Crippen molar-refractivity contribution in [2.75, 3.05) is 25.0 Å². The molecular formula is C28H26F2N4O5. The number of benzene rings is 2. The van der Waals surface area contributed by atoms with E-state index in [9.17, 15) is 14.7 Å². The number of hydrogen-bond acceptors (Lipinski definition) is 5. The van der Waals surface area contributed by atoms with E-state index in [-0.39, 0.29) is 49.7 Å². The largest absolute Gasteiger partial charge is 0.465 e. The number of imidazole rings is 1. The van der Waals surface area contributed by atoms with Crippen LogP contribution in [0.15, 0.2) is 60.8 Å². The molecule has 0 spiro atoms. The maximum Gasteiger partial charge on any atom is 0.411 e. The van der Waals surface area contributed by atoms with Crippen LogP contribution in [0.5, 0.6) is 0 Å². The van der Waals surface area contributed by atoms with Crippen molar-refractivity contribution in [1.29, 1.82) is 0 Å². The van der Waals surface area contributed by atoms with Gasteiger partial charge in [-0.2, -0.15) is 0 Å². The predicted octanol–water partition coefficient (Wildman–Crippen LogP) is 5.26. The summed E-state index contributed by atoms with van der Waals surface area (Å²) in [7, 11) is 0. The normalized spacial score (nSPS) is 15.4. The van der Waals surface area contributed by atoms with Crippen molar-refractivity contribution >= 4 is 23.5 Å². The molecule has 1 unspecified atom stereocenters. The lowest BCUT2D eigenvalue weighted by atomic mass is 10.0. The van der Waals surface area contributed by atoms with Gasteiger partial charge < -0.3 is 23.9 Å². The number of nitrogens with one attached hydrogen (secondary N) is 1. The zero-order valence-corrected chi connectivity index (χ0v) is 21.1. The van der Waals surface area contributed by atoms with Gasteiger partial charge >= 0.3 is 12.2 Å². The number of halogens is 2. The second kappa shape index (κ2) is 11.1. The zero-order valence-electron chi connectivity index (χ0n) is 21.1. The third kappa shape index (κ3) is 5.83. The number of rotatable bonds is 6. The van der Waals surface area contributed by atoms with Crippen molar-refractivity contribution in [3.05, 3.63) is 89.2 Å². The first-order valence-corrected chi connectivity index (χ1v) is 12.3. The second-order valence-electron chi connectivity index (χ2n) is 9.27. The van der Waals surface area contributed by atoms with Crippen molar-refractivity contribution in [3.63, 3.8) is 0 Å². The topological polar surface area (TPSA) is 105 Å². The third-order valence-electron chi connectivity index (χ3n) is 6.45. The Morgan fingerprint density at radius 2 is 1.90 bits per heavy atom. The van der Waals surface area contributed by atoms with E-state index < -0.39 is 29.9 Å². The predicted molar refractivity (Wildman–Crippen MR) is 139 cm³/mol. The van der Waals surface area contributed by atoms with E-state index in [4.69, 9.17) is 9.47 Å². The Bertz CT molecular complexity index is 1500. The summed E-state index contributed by atoms with van der Waals surface area (Å²) >= 11 is 0. The molecule has 1 aliphatic heterocycles. The summed E-state index contributed by atoms with van der Waals surface area (Å²) in [6.45, 7) is 2.46. The van der Waals surface area contributed by atoms with E-state index in [0.717, 1.165) is 23.3 Å². The van der Waals surface area contributed by atoms with Crippen LogP contribution in [0.3, 0.4) is 0 Å². The van der Waals surface area contributed by atoms with Gasteiger partial charge in [-0.05, 0) is 42.3 Å². The smallest absolute Gasteiger partial charge is 0.411 e. The SMILES string of the molecule is Cc1ccn2c(CC3CN(C(=O)O)CCO3)c(-c3c(F)cc(NC(=O)OCc4ccccc4)cc3F)nc2c1. The Balaban J connectivity index is 1.43. The van der Waals surface area contributed by atoms with Crippen molar-refractivity contribution < 1.29 is 33.0 Å². The Hall–Kier alpha value is -4.51. The molecule has 4 aromatic rings. The summed E-state index contributed by atoms with van der Waals surface area (Å²) in [5, 5.41) is 11.7. The van der Waals surface area contributed by atoms with E-state index in [2.05, 4.69) is 10.3 Å². The van der Waals surface area contributed by atoms with Crippen molar-refractivity contribution in [3.8, 4) is 11.3 Å². The Labute approximate surface area is 222 Å². The number of pyridine rings is 1. The first-order chi connectivity index (χ1) is 18.8. The van der Waals surface area contributed by atoms with Crippen LogP contribution in [-0.4, -0.2) is 57.4 Å². The molecule has 0 bridgehead atoms. The standard InChI is InChI=1S/C28H26F2N4O5/c1-17-7-8-34-23(14-20-15-33(28(36)37)9-10-38-20)26(32-24(34)11-17)25-21(29)12-19(13-22(25)30)31-27(35)39-16-18-5-3-2-4-6-18/h2-8,11-13,20H,9-10,14-16H2,1H3,(H,31,35)(H,36,37). The average molecular weight is 537 g/mol. The lowest BCUT2D eigenvalue weighted by molar-refractivity contribution is -0.0214. The number of fused-ring (bicyclic) bond motifs is 1. The lowest BCUT2D eigenvalue weighted by Gasteiger charge is -2.31. The molecule has 1 fully saturated rings. The average Bonchev–Trinajstić information content (AvgIpc) is 3.24. The summed E-state index contributed by atoms with van der Waals surface area (Å²) in [5.41, 5.74) is 2.24. The minimum atomic E-state index is -1.06. The third-order valence-corrected chi connectivity index (χ3v) is 6.45. The van der Waals surface area contributed by atoms with Crippen molar-refractivity contribution in [2.24, 2.45) is 0 Å². The van der Waals surface area contributed by atoms with Gasteiger partial charge in [-0.3, -0.25) is 5.32 Å². The Morgan fingerprint density at radius 3 is 2.62 bits per heavy atom. The van der Waals surface area contributed by atoms with Gasteiger partial charge in [0.05, 0.1) is 36.2 Å². The number of anilines is 1. The molecule has 0 aliphatic carbocycles. The summed E-state index contributed by atoms with van der Waals surface area (Å²) in [4.78, 5) is 29.4. The van der Waals surface area contributed by atoms with E-state index in [0.29, 0.717) is 11.3 Å². The summed E-state index contributed by atoms with van der Waals surface area (Å²) in [5.74, 6) is -1.85. The highest BCUT2D eigenvalue weighted by atomic mass is 19.1. The number of ether oxygens (including phenoxy) is 2. The van der Waals surface area contributed by atoms with Gasteiger partial charge in [0.25, 0.3) is 0 Å². The fraction of sp³-hybridized carbons (Fsp3) is 0.250. The molecular weight excluding hydrogens is 510 g/mol. The number of aromatic nitrogens is 2. The summed E-state index contributed by atoms with van der Waals surface area (Å²) in [6, 6.07) is 14.6. The number of carbonyl (C=O) groups is 2. The Morgan fingerprint density at radius 1 is 1.15 bits per heavy atom. The monoisotopic (exact) mass is 536 g/mol. The van der Waals surface area contributed by atoms with Gasteiger partial charge in [0, 0.05) is 24.8 Å². The minimum absolute atomic E-state index is 0.00227. The Kier molecular flexibility index (Phi) is 7.42. The van der Waals surface area contributed by atoms with Gasteiger partial charge in [0.15, 0.2) is 0 Å². The molecule has 1 saturated heterocycles. The number of nitrogens with zero attached hydrogens (tertiary/aromatic N) is 3. The van der Waals surface area contributed by atoms with Gasteiger partial charge in [-0.25, -0.2) is 23.4 Å². The first-order valence-electron chi connectivity index (χ1n) is 12.3. The molecule has 202 valence electrons. The molecule has 11 heteroatoms. The number of morpholine rings is 1. The molecule has 0 radical (unpaired) electrons. The summed E-state index contributed by atoms with van der Waals surface area (Å²) in [6.07, 6.45) is -0.510. The molecule has 2 N–H and O–H groups in total. The molecule has 2 aromatic carbocycles. The fourth-order valence-electron chi connectivity index (χ4n) is 4.57. The van der Waals surface area contributed by atoms with Gasteiger partial charge in [0.1, 0.15) is 23.9 Å². The quantitative estimate of drug-likeness (QED) is 0.348. The number of carboxylic acid groups (broad SMARTS) is 1. The fourth-order valence-corrected chi connectivity index (χ4v) is 4.57. The van der Waals surface area contributed by atoms with E-state index in [1.807, 2.05) is 19.1 Å². The summed E-state index contributed by atoms with van der Waals surface area (Å²) < 4.78 is 43.5. The molecule has 3 heterocycles. The number of carbonyl (C=O) groups excluding carboxylic acids is 1. The van der Waals surface area contributed by atoms with Crippen molar-refractivity contribution in [2.45, 2.75) is 26.1 Å². The highest BCUT2D eigenvalue weighted by Gasteiger charge is 2.28. The molecule has 2 amide bonds. The van der Waals surface area contributed by atoms with Crippen LogP contribution in [0.25, 0.3) is 16.9 Å². The van der Waals surface area contributed by atoms with Crippen LogP contribution >= 0.6 is 0 Å². The molecule has 39 heavy (non-hydrogen) atoms. The van der Waals surface area contributed by atoms with Crippen LogP contribution in [0, 0.1) is 18.6 Å². The zero-order chi connectivity index (χ0) is 27.5. The van der Waals surface area contributed by atoms with Gasteiger partial charge in [-0.1, -0.05) is 30.3 Å². The molecule has 2 aromatic heterocycles. The van der Waals surface area contributed by atoms with E-state index in [1.54, 1.807) is 40.9 Å². The van der Waals surface area contributed by atoms with E-state index >= 15 is 8.78 Å². The molecule has 9 nitrogen and oxygen atoms in total. The number of hydrogen-bond donors (Lipinski definition) is 2. The molecule has 1 aliphatic rings. The number of aryl methyl sites for hydroxylation is 1. The van der Waals surface area contributed by atoms with Gasteiger partial charge in [0.2, 0.25) is 0 Å². The highest BCUT2D eigenvalue weighted by molar-refractivity contribution is 5.85. The maximum absolute atomic E-state index is 15.4. The van der Waals surface area contributed by atoms with Crippen LogP contribution in [0.2, 0.25) is 0 Å². The number of amides is 2. The first kappa shape index (κ1) is 26.1. The van der Waals surface area contributed by atoms with Crippen LogP contribution in [0.4, 0.5) is 24.1 Å². The van der Waals surface area contributed by atoms with E-state index in [1.165, 1.54) is 4.90 Å². The highest BCUT2D eigenvalue weighted by Crippen LogP contribution is 2.33. The maximum atomic E-state index is 15.4.